The third kappa shape index (κ3) is 3.46. The lowest BCUT2D eigenvalue weighted by Gasteiger charge is -2.10. The molecular formula is C13H15FN2O3S2. The van der Waals surface area contributed by atoms with E-state index in [9.17, 15) is 12.8 Å². The summed E-state index contributed by atoms with van der Waals surface area (Å²) in [4.78, 5) is 4.80. The Kier molecular flexibility index (Phi) is 4.72. The Bertz CT molecular complexity index is 757. The Morgan fingerprint density at radius 3 is 2.67 bits per heavy atom. The molecule has 0 bridgehead atoms. The maximum Gasteiger partial charge on any atom is 0.240 e. The number of nitrogens with one attached hydrogen (secondary N) is 1. The van der Waals surface area contributed by atoms with Gasteiger partial charge in [0.05, 0.1) is 22.7 Å². The first-order valence-electron chi connectivity index (χ1n) is 6.13. The molecule has 0 spiro atoms. The average molecular weight is 330 g/mol. The first kappa shape index (κ1) is 16.0. The van der Waals surface area contributed by atoms with Gasteiger partial charge in [0.2, 0.25) is 10.0 Å². The van der Waals surface area contributed by atoms with Crippen LogP contribution < -0.4 is 4.72 Å². The molecule has 5 nitrogen and oxygen atoms in total. The van der Waals surface area contributed by atoms with E-state index in [1.807, 2.05) is 0 Å². The number of thiazole rings is 1. The van der Waals surface area contributed by atoms with Crippen molar-refractivity contribution in [1.29, 1.82) is 0 Å². The molecule has 0 fully saturated rings. The predicted octanol–water partition coefficient (Wildman–Crippen LogP) is 1.87. The minimum absolute atomic E-state index is 0.0376. The van der Waals surface area contributed by atoms with Gasteiger partial charge in [-0.1, -0.05) is 0 Å². The summed E-state index contributed by atoms with van der Waals surface area (Å²) in [5.41, 5.74) is 2.56. The van der Waals surface area contributed by atoms with E-state index in [1.54, 1.807) is 12.4 Å². The first-order chi connectivity index (χ1) is 9.85. The molecule has 1 heterocycles. The summed E-state index contributed by atoms with van der Waals surface area (Å²) in [6.07, 6.45) is 0. The van der Waals surface area contributed by atoms with Crippen molar-refractivity contribution >= 4 is 21.4 Å². The van der Waals surface area contributed by atoms with Crippen LogP contribution in [-0.2, 0) is 23.2 Å². The van der Waals surface area contributed by atoms with E-state index in [-0.39, 0.29) is 22.6 Å². The minimum Gasteiger partial charge on any atom is -0.392 e. The fraction of sp³-hybridized carbons (Fsp3) is 0.308. The third-order valence-electron chi connectivity index (χ3n) is 3.05. The summed E-state index contributed by atoms with van der Waals surface area (Å²) >= 11 is 1.36. The predicted molar refractivity (Wildman–Crippen MR) is 77.9 cm³/mol. The van der Waals surface area contributed by atoms with Crippen LogP contribution in [-0.4, -0.2) is 18.5 Å². The second-order valence-corrected chi connectivity index (χ2v) is 7.26. The fourth-order valence-corrected chi connectivity index (χ4v) is 3.76. The van der Waals surface area contributed by atoms with Crippen LogP contribution in [0.1, 0.15) is 21.7 Å². The number of aliphatic hydroxyl groups is 1. The highest BCUT2D eigenvalue weighted by Gasteiger charge is 2.18. The largest absolute Gasteiger partial charge is 0.392 e. The van der Waals surface area contributed by atoms with Gasteiger partial charge in [0.15, 0.2) is 0 Å². The first-order valence-corrected chi connectivity index (χ1v) is 8.50. The SMILES string of the molecule is Cc1cc(S(=O)(=O)NCc2scnc2C)cc(CO)c1F. The summed E-state index contributed by atoms with van der Waals surface area (Å²) in [5.74, 6) is -0.588. The fourth-order valence-electron chi connectivity index (χ4n) is 1.82. The second-order valence-electron chi connectivity index (χ2n) is 4.56. The number of rotatable bonds is 5. The van der Waals surface area contributed by atoms with E-state index in [2.05, 4.69) is 9.71 Å². The normalized spacial score (nSPS) is 11.8. The van der Waals surface area contributed by atoms with Crippen LogP contribution in [0.4, 0.5) is 4.39 Å². The maximum atomic E-state index is 13.7. The molecule has 21 heavy (non-hydrogen) atoms. The lowest BCUT2D eigenvalue weighted by molar-refractivity contribution is 0.275. The van der Waals surface area contributed by atoms with E-state index in [0.717, 1.165) is 16.6 Å². The third-order valence-corrected chi connectivity index (χ3v) is 5.37. The molecule has 2 N–H and O–H groups in total. The van der Waals surface area contributed by atoms with Gasteiger partial charge in [-0.05, 0) is 31.5 Å². The molecule has 8 heteroatoms. The zero-order valence-electron chi connectivity index (χ0n) is 11.6. The second kappa shape index (κ2) is 6.18. The van der Waals surface area contributed by atoms with E-state index in [4.69, 9.17) is 5.11 Å². The molecule has 0 saturated carbocycles. The molecule has 1 aromatic carbocycles. The molecule has 0 aliphatic rings. The Morgan fingerprint density at radius 1 is 1.38 bits per heavy atom. The van der Waals surface area contributed by atoms with E-state index in [1.165, 1.54) is 24.3 Å². The summed E-state index contributed by atoms with van der Waals surface area (Å²) in [6.45, 7) is 2.83. The molecule has 2 rings (SSSR count). The molecule has 2 aromatic rings. The van der Waals surface area contributed by atoms with Gasteiger partial charge in [0.25, 0.3) is 0 Å². The molecule has 0 atom stereocenters. The smallest absolute Gasteiger partial charge is 0.240 e. The zero-order valence-corrected chi connectivity index (χ0v) is 13.2. The van der Waals surface area contributed by atoms with Gasteiger partial charge in [-0.15, -0.1) is 11.3 Å². The number of benzene rings is 1. The maximum absolute atomic E-state index is 13.7. The monoisotopic (exact) mass is 330 g/mol. The van der Waals surface area contributed by atoms with Crippen LogP contribution in [0.15, 0.2) is 22.5 Å². The Balaban J connectivity index is 2.27. The van der Waals surface area contributed by atoms with Crippen LogP contribution in [0.5, 0.6) is 0 Å². The van der Waals surface area contributed by atoms with Crippen molar-refractivity contribution in [3.63, 3.8) is 0 Å². The summed E-state index contributed by atoms with van der Waals surface area (Å²) < 4.78 is 40.6. The summed E-state index contributed by atoms with van der Waals surface area (Å²) in [5, 5.41) is 9.09. The standard InChI is InChI=1S/C13H15FN2O3S2/c1-8-3-11(4-10(6-17)13(8)14)21(18,19)16-5-12-9(2)15-7-20-12/h3-4,7,16-17H,5-6H2,1-2H3. The molecule has 0 aliphatic carbocycles. The Labute approximate surface area is 126 Å². The van der Waals surface area contributed by atoms with Crippen LogP contribution in [0.3, 0.4) is 0 Å². The molecule has 0 saturated heterocycles. The van der Waals surface area contributed by atoms with Gasteiger partial charge in [0.1, 0.15) is 5.82 Å². The van der Waals surface area contributed by atoms with Crippen LogP contribution >= 0.6 is 11.3 Å². The van der Waals surface area contributed by atoms with Gasteiger partial charge in [-0.2, -0.15) is 0 Å². The van der Waals surface area contributed by atoms with Crippen LogP contribution in [0.25, 0.3) is 0 Å². The highest BCUT2D eigenvalue weighted by Crippen LogP contribution is 2.20. The van der Waals surface area contributed by atoms with Gasteiger partial charge >= 0.3 is 0 Å². The number of sulfonamides is 1. The summed E-state index contributed by atoms with van der Waals surface area (Å²) in [7, 11) is -3.77. The molecule has 0 unspecified atom stereocenters. The number of aromatic nitrogens is 1. The van der Waals surface area contributed by atoms with Crippen molar-refractivity contribution in [2.45, 2.75) is 31.9 Å². The van der Waals surface area contributed by atoms with Crippen molar-refractivity contribution in [3.8, 4) is 0 Å². The average Bonchev–Trinajstić information content (AvgIpc) is 2.85. The summed E-state index contributed by atoms with van der Waals surface area (Å²) in [6, 6.07) is 2.39. The number of halogens is 1. The molecule has 1 aromatic heterocycles. The highest BCUT2D eigenvalue weighted by atomic mass is 32.2. The van der Waals surface area contributed by atoms with Crippen molar-refractivity contribution in [1.82, 2.24) is 9.71 Å². The minimum atomic E-state index is -3.77. The Hall–Kier alpha value is -1.35. The number of hydrogen-bond acceptors (Lipinski definition) is 5. The lowest BCUT2D eigenvalue weighted by Crippen LogP contribution is -2.23. The van der Waals surface area contributed by atoms with Crippen molar-refractivity contribution in [3.05, 3.63) is 45.2 Å². The molecule has 0 aliphatic heterocycles. The van der Waals surface area contributed by atoms with Crippen molar-refractivity contribution in [2.24, 2.45) is 0 Å². The Morgan fingerprint density at radius 2 is 2.10 bits per heavy atom. The van der Waals surface area contributed by atoms with Crippen molar-refractivity contribution < 1.29 is 17.9 Å². The quantitative estimate of drug-likeness (QED) is 0.877. The molecule has 0 radical (unpaired) electrons. The van der Waals surface area contributed by atoms with Gasteiger partial charge < -0.3 is 5.11 Å². The number of nitrogens with zero attached hydrogens (tertiary/aromatic N) is 1. The number of aryl methyl sites for hydroxylation is 2. The number of aliphatic hydroxyl groups excluding tert-OH is 1. The van der Waals surface area contributed by atoms with E-state index in [0.29, 0.717) is 0 Å². The van der Waals surface area contributed by atoms with E-state index < -0.39 is 22.4 Å². The zero-order chi connectivity index (χ0) is 15.6. The topological polar surface area (TPSA) is 79.3 Å². The van der Waals surface area contributed by atoms with Gasteiger partial charge in [0, 0.05) is 17.0 Å². The van der Waals surface area contributed by atoms with Gasteiger partial charge in [-0.25, -0.2) is 22.5 Å². The number of hydrogen-bond donors (Lipinski definition) is 2. The highest BCUT2D eigenvalue weighted by molar-refractivity contribution is 7.89. The molecular weight excluding hydrogens is 315 g/mol. The van der Waals surface area contributed by atoms with Gasteiger partial charge in [-0.3, -0.25) is 0 Å². The van der Waals surface area contributed by atoms with Crippen LogP contribution in [0.2, 0.25) is 0 Å². The lowest BCUT2D eigenvalue weighted by atomic mass is 10.1. The molecule has 114 valence electrons. The van der Waals surface area contributed by atoms with Crippen molar-refractivity contribution in [2.75, 3.05) is 0 Å². The molecule has 0 amide bonds. The van der Waals surface area contributed by atoms with E-state index >= 15 is 0 Å². The van der Waals surface area contributed by atoms with Crippen LogP contribution in [0, 0.1) is 19.7 Å².